The van der Waals surface area contributed by atoms with Gasteiger partial charge in [0.05, 0.1) is 31.1 Å². The van der Waals surface area contributed by atoms with Crippen molar-refractivity contribution in [3.05, 3.63) is 98.8 Å². The molecule has 11 nitrogen and oxygen atoms in total. The Labute approximate surface area is 292 Å². The standard InChI is InChI=1S/C37H42N8O3.H2S/c1-23-19-42(28-21-48-22-28)10-11-43(23)27-6-7-33(39-18-27)40-30-14-26(20-41(5)35(30)46)29-8-9-38-34(24(29)2)45-13-12-44-31(36(45)47)15-25-16-37(3,4)17-32(25)44;/h6-9,12-15,18,20,23,28H,10-11,16-17,19,21-22H2,1-5H3,(H,39,40);1H2/t23-;/m0./s1. The van der Waals surface area contributed by atoms with Gasteiger partial charge in [0.2, 0.25) is 0 Å². The molecule has 2 saturated heterocycles. The first kappa shape index (κ1) is 33.1. The highest BCUT2D eigenvalue weighted by Crippen LogP contribution is 2.37. The lowest BCUT2D eigenvalue weighted by molar-refractivity contribution is -0.0691. The normalized spacial score (nSPS) is 19.0. The van der Waals surface area contributed by atoms with Crippen LogP contribution in [0.2, 0.25) is 0 Å². The van der Waals surface area contributed by atoms with Crippen molar-refractivity contribution in [3.8, 4) is 16.9 Å². The summed E-state index contributed by atoms with van der Waals surface area (Å²) >= 11 is 0. The van der Waals surface area contributed by atoms with Crippen LogP contribution in [0, 0.1) is 12.3 Å². The Hall–Kier alpha value is -4.39. The Morgan fingerprint density at radius 3 is 2.53 bits per heavy atom. The molecule has 1 N–H and O–H groups in total. The average Bonchev–Trinajstić information content (AvgIpc) is 3.52. The van der Waals surface area contributed by atoms with E-state index in [1.54, 1.807) is 22.4 Å². The van der Waals surface area contributed by atoms with Gasteiger partial charge in [0.15, 0.2) is 0 Å². The van der Waals surface area contributed by atoms with Crippen LogP contribution in [-0.4, -0.2) is 73.3 Å². The number of nitrogens with zero attached hydrogens (tertiary/aromatic N) is 7. The van der Waals surface area contributed by atoms with Crippen LogP contribution >= 0.6 is 13.5 Å². The van der Waals surface area contributed by atoms with Gasteiger partial charge in [0.1, 0.15) is 22.8 Å². The van der Waals surface area contributed by atoms with E-state index in [-0.39, 0.29) is 30.0 Å². The molecule has 49 heavy (non-hydrogen) atoms. The van der Waals surface area contributed by atoms with Crippen molar-refractivity contribution < 1.29 is 4.74 Å². The van der Waals surface area contributed by atoms with Gasteiger partial charge in [0.25, 0.3) is 11.1 Å². The molecule has 12 heteroatoms. The molecule has 8 rings (SSSR count). The zero-order valence-corrected chi connectivity index (χ0v) is 29.7. The number of nitrogens with one attached hydrogen (secondary N) is 1. The zero-order chi connectivity index (χ0) is 33.3. The monoisotopic (exact) mass is 680 g/mol. The van der Waals surface area contributed by atoms with Gasteiger partial charge in [-0.15, -0.1) is 0 Å². The first-order chi connectivity index (χ1) is 23.1. The maximum absolute atomic E-state index is 13.8. The Bertz CT molecular complexity index is 2170. The minimum absolute atomic E-state index is 0. The molecule has 5 aromatic rings. The van der Waals surface area contributed by atoms with Gasteiger partial charge in [-0.25, -0.2) is 9.97 Å². The van der Waals surface area contributed by atoms with Crippen molar-refractivity contribution in [2.45, 2.75) is 52.6 Å². The van der Waals surface area contributed by atoms with Crippen molar-refractivity contribution >= 4 is 36.2 Å². The molecule has 5 aromatic heterocycles. The highest BCUT2D eigenvalue weighted by Gasteiger charge is 2.33. The second-order valence-electron chi connectivity index (χ2n) is 14.5. The van der Waals surface area contributed by atoms with E-state index in [0.717, 1.165) is 68.1 Å². The molecular formula is C37H44N8O3S. The number of rotatable bonds is 6. The Balaban J connectivity index is 0.00000378. The SMILES string of the molecule is Cc1c(-c2cc(Nc3ccc(N4CCN(C5COC5)C[C@@H]4C)cn3)c(=O)n(C)c2)ccnc1-n1ccn2c3c(cc2c1=O)CC(C)(C)C3.S. The van der Waals surface area contributed by atoms with Crippen LogP contribution < -0.4 is 21.3 Å². The summed E-state index contributed by atoms with van der Waals surface area (Å²) in [6.07, 6.45) is 11.1. The van der Waals surface area contributed by atoms with Crippen molar-refractivity contribution in [1.29, 1.82) is 0 Å². The van der Waals surface area contributed by atoms with Crippen LogP contribution in [-0.2, 0) is 24.6 Å². The van der Waals surface area contributed by atoms with E-state index in [4.69, 9.17) is 4.74 Å². The lowest BCUT2D eigenvalue weighted by Crippen LogP contribution is -2.59. The van der Waals surface area contributed by atoms with Gasteiger partial charge in [-0.1, -0.05) is 13.8 Å². The predicted octanol–water partition coefficient (Wildman–Crippen LogP) is 4.44. The summed E-state index contributed by atoms with van der Waals surface area (Å²) in [5, 5.41) is 3.26. The number of hydrogen-bond donors (Lipinski definition) is 1. The molecule has 0 amide bonds. The molecule has 0 unspecified atom stereocenters. The fourth-order valence-corrected chi connectivity index (χ4v) is 7.76. The maximum Gasteiger partial charge on any atom is 0.280 e. The lowest BCUT2D eigenvalue weighted by atomic mass is 9.90. The van der Waals surface area contributed by atoms with Crippen LogP contribution in [0.3, 0.4) is 0 Å². The van der Waals surface area contributed by atoms with Crippen molar-refractivity contribution in [3.63, 3.8) is 0 Å². The van der Waals surface area contributed by atoms with E-state index < -0.39 is 0 Å². The third-order valence-electron chi connectivity index (χ3n) is 10.4. The predicted molar refractivity (Wildman–Crippen MR) is 198 cm³/mol. The van der Waals surface area contributed by atoms with Crippen molar-refractivity contribution in [1.82, 2.24) is 28.4 Å². The molecule has 2 fully saturated rings. The molecule has 2 aliphatic heterocycles. The number of aromatic nitrogens is 5. The topological polar surface area (TPSA) is 102 Å². The summed E-state index contributed by atoms with van der Waals surface area (Å²) in [5.41, 5.74) is 7.13. The number of pyridine rings is 3. The fraction of sp³-hybridized carbons (Fsp3) is 0.405. The van der Waals surface area contributed by atoms with E-state index >= 15 is 0 Å². The van der Waals surface area contributed by atoms with Crippen LogP contribution in [0.15, 0.2) is 70.9 Å². The third-order valence-corrected chi connectivity index (χ3v) is 10.4. The Morgan fingerprint density at radius 2 is 1.82 bits per heavy atom. The second-order valence-corrected chi connectivity index (χ2v) is 14.5. The summed E-state index contributed by atoms with van der Waals surface area (Å²) in [6.45, 7) is 13.4. The van der Waals surface area contributed by atoms with Crippen molar-refractivity contribution in [2.24, 2.45) is 12.5 Å². The molecule has 0 saturated carbocycles. The minimum Gasteiger partial charge on any atom is -0.378 e. The van der Waals surface area contributed by atoms with Crippen LogP contribution in [0.1, 0.15) is 37.6 Å². The average molecular weight is 681 g/mol. The van der Waals surface area contributed by atoms with E-state index in [0.29, 0.717) is 34.9 Å². The molecule has 1 aliphatic carbocycles. The molecule has 0 spiro atoms. The maximum atomic E-state index is 13.8. The number of aryl methyl sites for hydroxylation is 1. The summed E-state index contributed by atoms with van der Waals surface area (Å²) in [6, 6.07) is 10.7. The molecular weight excluding hydrogens is 637 g/mol. The fourth-order valence-electron chi connectivity index (χ4n) is 7.76. The van der Waals surface area contributed by atoms with Crippen LogP contribution in [0.25, 0.3) is 22.5 Å². The summed E-state index contributed by atoms with van der Waals surface area (Å²) in [7, 11) is 1.74. The van der Waals surface area contributed by atoms with Crippen LogP contribution in [0.4, 0.5) is 17.2 Å². The molecule has 3 aliphatic rings. The minimum atomic E-state index is -0.160. The quantitative estimate of drug-likeness (QED) is 0.281. The van der Waals surface area contributed by atoms with E-state index in [9.17, 15) is 9.59 Å². The number of hydrogen-bond acceptors (Lipinski definition) is 8. The largest absolute Gasteiger partial charge is 0.378 e. The highest BCUT2D eigenvalue weighted by molar-refractivity contribution is 7.59. The number of fused-ring (bicyclic) bond motifs is 3. The first-order valence-electron chi connectivity index (χ1n) is 16.8. The number of piperazine rings is 1. The van der Waals surface area contributed by atoms with Gasteiger partial charge >= 0.3 is 0 Å². The molecule has 256 valence electrons. The van der Waals surface area contributed by atoms with E-state index in [1.807, 2.05) is 60.4 Å². The van der Waals surface area contributed by atoms with E-state index in [1.165, 1.54) is 11.3 Å². The smallest absolute Gasteiger partial charge is 0.280 e. The molecule has 7 heterocycles. The van der Waals surface area contributed by atoms with Crippen molar-refractivity contribution in [2.75, 3.05) is 43.1 Å². The Kier molecular flexibility index (Phi) is 8.45. The van der Waals surface area contributed by atoms with Gasteiger partial charge in [-0.2, -0.15) is 13.5 Å². The lowest BCUT2D eigenvalue weighted by Gasteiger charge is -2.46. The summed E-state index contributed by atoms with van der Waals surface area (Å²) in [5.74, 6) is 1.17. The highest BCUT2D eigenvalue weighted by atomic mass is 32.1. The summed E-state index contributed by atoms with van der Waals surface area (Å²) < 4.78 is 10.6. The van der Waals surface area contributed by atoms with Gasteiger partial charge in [-0.05, 0) is 73.6 Å². The molecule has 1 atom stereocenters. The van der Waals surface area contributed by atoms with Gasteiger partial charge in [-0.3, -0.25) is 19.1 Å². The van der Waals surface area contributed by atoms with Gasteiger partial charge < -0.3 is 23.9 Å². The molecule has 0 aromatic carbocycles. The Morgan fingerprint density at radius 1 is 1.00 bits per heavy atom. The second kappa shape index (κ2) is 12.5. The number of anilines is 3. The van der Waals surface area contributed by atoms with Crippen LogP contribution in [0.5, 0.6) is 0 Å². The number of ether oxygens (including phenoxy) is 1. The van der Waals surface area contributed by atoms with Gasteiger partial charge in [0, 0.05) is 74.3 Å². The molecule has 0 radical (unpaired) electrons. The first-order valence-corrected chi connectivity index (χ1v) is 16.8. The molecule has 0 bridgehead atoms. The zero-order valence-electron chi connectivity index (χ0n) is 28.7. The summed E-state index contributed by atoms with van der Waals surface area (Å²) in [4.78, 5) is 41.3. The van der Waals surface area contributed by atoms with E-state index in [2.05, 4.69) is 51.9 Å². The third kappa shape index (κ3) is 5.85.